The van der Waals surface area contributed by atoms with E-state index in [0.717, 1.165) is 16.5 Å². The first kappa shape index (κ1) is 13.4. The van der Waals surface area contributed by atoms with Crippen LogP contribution in [0.3, 0.4) is 0 Å². The molecule has 1 saturated heterocycles. The molecule has 1 heterocycles. The van der Waals surface area contributed by atoms with Crippen molar-refractivity contribution in [1.82, 2.24) is 4.90 Å². The van der Waals surface area contributed by atoms with E-state index in [0.29, 0.717) is 13.2 Å². The number of rotatable bonds is 3. The summed E-state index contributed by atoms with van der Waals surface area (Å²) in [6.07, 6.45) is 0. The number of carbonyl (C=O) groups excluding carboxylic acids is 2. The summed E-state index contributed by atoms with van der Waals surface area (Å²) in [6.45, 7) is 2.49. The van der Waals surface area contributed by atoms with Crippen LogP contribution in [0.15, 0.2) is 42.5 Å². The number of nitrogens with one attached hydrogen (secondary N) is 1. The summed E-state index contributed by atoms with van der Waals surface area (Å²) in [7, 11) is 0. The molecule has 1 aliphatic heterocycles. The van der Waals surface area contributed by atoms with Crippen molar-refractivity contribution in [2.24, 2.45) is 0 Å². The molecule has 5 heteroatoms. The molecule has 3 rings (SSSR count). The lowest BCUT2D eigenvalue weighted by Gasteiger charge is -2.10. The van der Waals surface area contributed by atoms with E-state index >= 15 is 0 Å². The molecule has 0 spiro atoms. The second-order valence-corrected chi connectivity index (χ2v) is 4.88. The van der Waals surface area contributed by atoms with Gasteiger partial charge in [-0.2, -0.15) is 0 Å². The standard InChI is InChI=1S/C16H16N2O3/c1-2-21-15(19)14-10-18(14)16(20)17-13-9-5-7-11-6-3-4-8-12(11)13/h3-9,14H,2,10H2,1H3,(H,17,20). The number of urea groups is 1. The van der Waals surface area contributed by atoms with Crippen molar-refractivity contribution >= 4 is 28.5 Å². The van der Waals surface area contributed by atoms with E-state index in [2.05, 4.69) is 5.32 Å². The van der Waals surface area contributed by atoms with Crippen molar-refractivity contribution in [3.8, 4) is 0 Å². The monoisotopic (exact) mass is 284 g/mol. The molecule has 0 aliphatic carbocycles. The maximum atomic E-state index is 12.1. The molecule has 1 fully saturated rings. The molecule has 2 aromatic carbocycles. The minimum absolute atomic E-state index is 0.274. The number of ether oxygens (including phenoxy) is 1. The van der Waals surface area contributed by atoms with E-state index < -0.39 is 6.04 Å². The molecule has 0 bridgehead atoms. The zero-order valence-corrected chi connectivity index (χ0v) is 11.7. The van der Waals surface area contributed by atoms with Gasteiger partial charge in [0.15, 0.2) is 0 Å². The topological polar surface area (TPSA) is 58.4 Å². The Bertz CT molecular complexity index is 693. The number of anilines is 1. The maximum absolute atomic E-state index is 12.1. The fraction of sp³-hybridized carbons (Fsp3) is 0.250. The zero-order valence-electron chi connectivity index (χ0n) is 11.7. The molecule has 5 nitrogen and oxygen atoms in total. The minimum atomic E-state index is -0.445. The summed E-state index contributed by atoms with van der Waals surface area (Å²) in [4.78, 5) is 25.1. The van der Waals surface area contributed by atoms with E-state index in [1.165, 1.54) is 4.90 Å². The predicted molar refractivity (Wildman–Crippen MR) is 80.1 cm³/mol. The predicted octanol–water partition coefficient (Wildman–Crippen LogP) is 2.62. The van der Waals surface area contributed by atoms with E-state index in [4.69, 9.17) is 4.74 Å². The van der Waals surface area contributed by atoms with Crippen LogP contribution in [0.2, 0.25) is 0 Å². The first-order chi connectivity index (χ1) is 10.2. The second kappa shape index (κ2) is 5.44. The quantitative estimate of drug-likeness (QED) is 0.696. The molecule has 21 heavy (non-hydrogen) atoms. The largest absolute Gasteiger partial charge is 0.464 e. The van der Waals surface area contributed by atoms with Gasteiger partial charge in [-0.15, -0.1) is 0 Å². The Morgan fingerprint density at radius 3 is 2.81 bits per heavy atom. The first-order valence-corrected chi connectivity index (χ1v) is 6.92. The molecule has 0 aromatic heterocycles. The van der Waals surface area contributed by atoms with Crippen LogP contribution < -0.4 is 5.32 Å². The lowest BCUT2D eigenvalue weighted by molar-refractivity contribution is -0.143. The van der Waals surface area contributed by atoms with Crippen LogP contribution >= 0.6 is 0 Å². The van der Waals surface area contributed by atoms with Crippen LogP contribution in [0.25, 0.3) is 10.8 Å². The highest BCUT2D eigenvalue weighted by atomic mass is 16.5. The number of esters is 1. The van der Waals surface area contributed by atoms with Gasteiger partial charge in [-0.3, -0.25) is 0 Å². The minimum Gasteiger partial charge on any atom is -0.464 e. The smallest absolute Gasteiger partial charge is 0.330 e. The molecular formula is C16H16N2O3. The molecule has 2 aromatic rings. The fourth-order valence-electron chi connectivity index (χ4n) is 2.33. The van der Waals surface area contributed by atoms with Gasteiger partial charge in [0, 0.05) is 5.39 Å². The van der Waals surface area contributed by atoms with Crippen molar-refractivity contribution < 1.29 is 14.3 Å². The highest BCUT2D eigenvalue weighted by Crippen LogP contribution is 2.25. The summed E-state index contributed by atoms with van der Waals surface area (Å²) in [5.41, 5.74) is 0.743. The Balaban J connectivity index is 1.72. The molecule has 1 atom stereocenters. The Labute approximate surface area is 122 Å². The molecule has 1 N–H and O–H groups in total. The number of hydrogen-bond donors (Lipinski definition) is 1. The first-order valence-electron chi connectivity index (χ1n) is 6.92. The summed E-state index contributed by atoms with van der Waals surface area (Å²) >= 11 is 0. The Hall–Kier alpha value is -2.56. The van der Waals surface area contributed by atoms with Crippen LogP contribution in [0, 0.1) is 0 Å². The Morgan fingerprint density at radius 2 is 2.00 bits per heavy atom. The lowest BCUT2D eigenvalue weighted by atomic mass is 10.1. The van der Waals surface area contributed by atoms with Crippen LogP contribution in [-0.2, 0) is 9.53 Å². The summed E-state index contributed by atoms with van der Waals surface area (Å²) in [6, 6.07) is 12.8. The lowest BCUT2D eigenvalue weighted by Crippen LogP contribution is -2.25. The van der Waals surface area contributed by atoms with E-state index in [1.54, 1.807) is 6.92 Å². The average molecular weight is 284 g/mol. The number of fused-ring (bicyclic) bond motifs is 1. The third-order valence-electron chi connectivity index (χ3n) is 3.46. The van der Waals surface area contributed by atoms with Gasteiger partial charge in [0.1, 0.15) is 6.04 Å². The van der Waals surface area contributed by atoms with E-state index in [1.807, 2.05) is 42.5 Å². The normalized spacial score (nSPS) is 16.6. The third-order valence-corrected chi connectivity index (χ3v) is 3.46. The third kappa shape index (κ3) is 2.67. The van der Waals surface area contributed by atoms with E-state index in [9.17, 15) is 9.59 Å². The molecular weight excluding hydrogens is 268 g/mol. The zero-order chi connectivity index (χ0) is 14.8. The summed E-state index contributed by atoms with van der Waals surface area (Å²) < 4.78 is 4.91. The highest BCUT2D eigenvalue weighted by molar-refractivity contribution is 6.03. The number of nitrogens with zero attached hydrogens (tertiary/aromatic N) is 1. The van der Waals surface area contributed by atoms with Crippen molar-refractivity contribution in [1.29, 1.82) is 0 Å². The van der Waals surface area contributed by atoms with Crippen LogP contribution in [0.1, 0.15) is 6.92 Å². The Kier molecular flexibility index (Phi) is 3.48. The second-order valence-electron chi connectivity index (χ2n) is 4.88. The van der Waals surface area contributed by atoms with Crippen molar-refractivity contribution in [2.45, 2.75) is 13.0 Å². The number of hydrogen-bond acceptors (Lipinski definition) is 3. The van der Waals surface area contributed by atoms with Gasteiger partial charge in [-0.25, -0.2) is 9.59 Å². The fourth-order valence-corrected chi connectivity index (χ4v) is 2.33. The van der Waals surface area contributed by atoms with Crippen LogP contribution in [-0.4, -0.2) is 36.1 Å². The van der Waals surface area contributed by atoms with Crippen molar-refractivity contribution in [2.75, 3.05) is 18.5 Å². The number of amides is 2. The molecule has 1 aliphatic rings. The van der Waals surface area contributed by atoms with E-state index in [-0.39, 0.29) is 12.0 Å². The van der Waals surface area contributed by atoms with Gasteiger partial charge in [0.25, 0.3) is 0 Å². The molecule has 0 saturated carbocycles. The van der Waals surface area contributed by atoms with Crippen molar-refractivity contribution in [3.63, 3.8) is 0 Å². The van der Waals surface area contributed by atoms with Crippen LogP contribution in [0.5, 0.6) is 0 Å². The van der Waals surface area contributed by atoms with Gasteiger partial charge in [0.05, 0.1) is 18.8 Å². The van der Waals surface area contributed by atoms with Gasteiger partial charge >= 0.3 is 12.0 Å². The molecule has 0 radical (unpaired) electrons. The van der Waals surface area contributed by atoms with Gasteiger partial charge in [-0.05, 0) is 18.4 Å². The maximum Gasteiger partial charge on any atom is 0.330 e. The Morgan fingerprint density at radius 1 is 1.24 bits per heavy atom. The molecule has 2 amide bonds. The van der Waals surface area contributed by atoms with Gasteiger partial charge in [-0.1, -0.05) is 36.4 Å². The van der Waals surface area contributed by atoms with Gasteiger partial charge < -0.3 is 15.0 Å². The number of benzene rings is 2. The highest BCUT2D eigenvalue weighted by Gasteiger charge is 2.45. The average Bonchev–Trinajstić information content (AvgIpc) is 3.28. The van der Waals surface area contributed by atoms with Crippen LogP contribution in [0.4, 0.5) is 10.5 Å². The van der Waals surface area contributed by atoms with Gasteiger partial charge in [0.2, 0.25) is 0 Å². The number of carbonyl (C=O) groups is 2. The molecule has 108 valence electrons. The molecule has 1 unspecified atom stereocenters. The summed E-state index contributed by atoms with van der Waals surface area (Å²) in [5, 5.41) is 4.89. The summed E-state index contributed by atoms with van der Waals surface area (Å²) in [5.74, 6) is -0.342. The SMILES string of the molecule is CCOC(=O)C1CN1C(=O)Nc1cccc2ccccc12. The van der Waals surface area contributed by atoms with Crippen molar-refractivity contribution in [3.05, 3.63) is 42.5 Å².